The Hall–Kier alpha value is -3.28. The largest absolute Gasteiger partial charge is 0.497 e. The van der Waals surface area contributed by atoms with Crippen molar-refractivity contribution < 1.29 is 14.3 Å². The lowest BCUT2D eigenvalue weighted by molar-refractivity contribution is 0.101. The van der Waals surface area contributed by atoms with Crippen molar-refractivity contribution in [1.82, 2.24) is 9.78 Å². The number of carbonyl (C=O) groups is 1. The summed E-state index contributed by atoms with van der Waals surface area (Å²) in [6.07, 6.45) is 0. The van der Waals surface area contributed by atoms with Crippen LogP contribution in [0.5, 0.6) is 11.5 Å². The zero-order chi connectivity index (χ0) is 18.5. The molecule has 0 unspecified atom stereocenters. The summed E-state index contributed by atoms with van der Waals surface area (Å²) in [7, 11) is 3.37. The maximum Gasteiger partial charge on any atom is 0.273 e. The molecular formula is C20H21N3O3. The van der Waals surface area contributed by atoms with E-state index in [1.807, 2.05) is 55.5 Å². The summed E-state index contributed by atoms with van der Waals surface area (Å²) in [5, 5.41) is 7.31. The number of methoxy groups -OCH3 is 1. The molecular weight excluding hydrogens is 330 g/mol. The Labute approximate surface area is 152 Å². The fourth-order valence-electron chi connectivity index (χ4n) is 2.60. The van der Waals surface area contributed by atoms with Crippen molar-refractivity contribution in [2.24, 2.45) is 7.05 Å². The molecule has 0 aliphatic carbocycles. The molecule has 0 saturated carbocycles. The topological polar surface area (TPSA) is 65.4 Å². The minimum absolute atomic E-state index is 0.224. The zero-order valence-corrected chi connectivity index (χ0v) is 15.0. The van der Waals surface area contributed by atoms with Crippen LogP contribution >= 0.6 is 0 Å². The highest BCUT2D eigenvalue weighted by atomic mass is 16.5. The molecule has 3 aromatic rings. The minimum Gasteiger partial charge on any atom is -0.497 e. The number of aryl methyl sites for hydroxylation is 1. The lowest BCUT2D eigenvalue weighted by atomic mass is 10.1. The normalized spacial score (nSPS) is 10.4. The third-order valence-electron chi connectivity index (χ3n) is 3.90. The number of amides is 1. The number of aromatic nitrogens is 2. The van der Waals surface area contributed by atoms with E-state index >= 15 is 0 Å². The molecule has 1 amide bonds. The van der Waals surface area contributed by atoms with Crippen molar-refractivity contribution in [3.8, 4) is 22.8 Å². The Morgan fingerprint density at radius 2 is 1.88 bits per heavy atom. The van der Waals surface area contributed by atoms with Crippen LogP contribution in [0.15, 0.2) is 54.6 Å². The summed E-state index contributed by atoms with van der Waals surface area (Å²) in [5.41, 5.74) is 2.77. The third kappa shape index (κ3) is 3.85. The van der Waals surface area contributed by atoms with Gasteiger partial charge in [-0.1, -0.05) is 12.1 Å². The summed E-state index contributed by atoms with van der Waals surface area (Å²) < 4.78 is 12.2. The lowest BCUT2D eigenvalue weighted by Gasteiger charge is -2.07. The fraction of sp³-hybridized carbons (Fsp3) is 0.200. The van der Waals surface area contributed by atoms with Crippen LogP contribution in [0.1, 0.15) is 17.4 Å². The number of nitrogens with zero attached hydrogens (tertiary/aromatic N) is 2. The van der Waals surface area contributed by atoms with E-state index in [0.29, 0.717) is 23.7 Å². The average Bonchev–Trinajstić information content (AvgIpc) is 3.05. The van der Waals surface area contributed by atoms with Crippen LogP contribution in [0.4, 0.5) is 5.69 Å². The van der Waals surface area contributed by atoms with Crippen molar-refractivity contribution >= 4 is 11.6 Å². The van der Waals surface area contributed by atoms with E-state index in [9.17, 15) is 4.79 Å². The van der Waals surface area contributed by atoms with Crippen molar-refractivity contribution in [2.45, 2.75) is 6.92 Å². The number of ether oxygens (including phenoxy) is 2. The molecule has 0 bridgehead atoms. The Bertz CT molecular complexity index is 901. The molecule has 6 heteroatoms. The number of benzene rings is 2. The lowest BCUT2D eigenvalue weighted by Crippen LogP contribution is -2.15. The van der Waals surface area contributed by atoms with Gasteiger partial charge in [0.1, 0.15) is 17.2 Å². The van der Waals surface area contributed by atoms with Gasteiger partial charge in [0.2, 0.25) is 0 Å². The quantitative estimate of drug-likeness (QED) is 0.735. The van der Waals surface area contributed by atoms with E-state index in [2.05, 4.69) is 10.4 Å². The first-order chi connectivity index (χ1) is 12.6. The van der Waals surface area contributed by atoms with Crippen molar-refractivity contribution in [3.63, 3.8) is 0 Å². The highest BCUT2D eigenvalue weighted by Crippen LogP contribution is 2.24. The molecule has 0 saturated heterocycles. The molecule has 6 nitrogen and oxygen atoms in total. The molecule has 134 valence electrons. The first kappa shape index (κ1) is 17.5. The first-order valence-electron chi connectivity index (χ1n) is 8.33. The maximum atomic E-state index is 12.6. The van der Waals surface area contributed by atoms with Crippen LogP contribution < -0.4 is 14.8 Å². The fourth-order valence-corrected chi connectivity index (χ4v) is 2.60. The maximum absolute atomic E-state index is 12.6. The highest BCUT2D eigenvalue weighted by Gasteiger charge is 2.15. The number of hydrogen-bond acceptors (Lipinski definition) is 4. The molecule has 3 rings (SSSR count). The van der Waals surface area contributed by atoms with E-state index in [1.54, 1.807) is 24.9 Å². The molecule has 0 atom stereocenters. The van der Waals surface area contributed by atoms with E-state index in [-0.39, 0.29) is 5.91 Å². The van der Waals surface area contributed by atoms with Gasteiger partial charge in [0.25, 0.3) is 5.91 Å². The number of rotatable bonds is 6. The summed E-state index contributed by atoms with van der Waals surface area (Å²) in [6, 6.07) is 16.6. The predicted octanol–water partition coefficient (Wildman–Crippen LogP) is 3.75. The van der Waals surface area contributed by atoms with Crippen molar-refractivity contribution in [1.29, 1.82) is 0 Å². The van der Waals surface area contributed by atoms with Gasteiger partial charge in [-0.05, 0) is 49.4 Å². The highest BCUT2D eigenvalue weighted by molar-refractivity contribution is 6.03. The van der Waals surface area contributed by atoms with Gasteiger partial charge < -0.3 is 14.8 Å². The van der Waals surface area contributed by atoms with Crippen LogP contribution in [0.2, 0.25) is 0 Å². The summed E-state index contributed by atoms with van der Waals surface area (Å²) >= 11 is 0. The molecule has 2 aromatic carbocycles. The second kappa shape index (κ2) is 7.74. The number of hydrogen-bond donors (Lipinski definition) is 1. The van der Waals surface area contributed by atoms with Gasteiger partial charge in [-0.15, -0.1) is 0 Å². The molecule has 0 aliphatic heterocycles. The summed E-state index contributed by atoms with van der Waals surface area (Å²) in [6.45, 7) is 2.53. The molecule has 0 aliphatic rings. The molecule has 1 heterocycles. The summed E-state index contributed by atoms with van der Waals surface area (Å²) in [4.78, 5) is 12.6. The zero-order valence-electron chi connectivity index (χ0n) is 15.0. The Balaban J connectivity index is 1.78. The van der Waals surface area contributed by atoms with Gasteiger partial charge in [-0.3, -0.25) is 9.48 Å². The standard InChI is InChI=1S/C20H21N3O3/c1-4-26-16-10-8-15(9-11-16)21-20(24)19-13-18(22-23(19)2)14-6-5-7-17(12-14)25-3/h5-13H,4H2,1-3H3,(H,21,24). The van der Waals surface area contributed by atoms with Gasteiger partial charge >= 0.3 is 0 Å². The summed E-state index contributed by atoms with van der Waals surface area (Å²) in [5.74, 6) is 1.29. The SMILES string of the molecule is CCOc1ccc(NC(=O)c2cc(-c3cccc(OC)c3)nn2C)cc1. The molecule has 1 aromatic heterocycles. The first-order valence-corrected chi connectivity index (χ1v) is 8.33. The van der Waals surface area contributed by atoms with Gasteiger partial charge in [0.15, 0.2) is 0 Å². The number of carbonyl (C=O) groups excluding carboxylic acids is 1. The molecule has 1 N–H and O–H groups in total. The molecule has 0 radical (unpaired) electrons. The van der Waals surface area contributed by atoms with Crippen LogP contribution in [-0.2, 0) is 7.05 Å². The van der Waals surface area contributed by atoms with E-state index in [0.717, 1.165) is 17.1 Å². The average molecular weight is 351 g/mol. The van der Waals surface area contributed by atoms with E-state index in [1.165, 1.54) is 0 Å². The minimum atomic E-state index is -0.224. The van der Waals surface area contributed by atoms with Gasteiger partial charge in [0, 0.05) is 18.3 Å². The second-order valence-electron chi connectivity index (χ2n) is 5.68. The Morgan fingerprint density at radius 3 is 2.58 bits per heavy atom. The monoisotopic (exact) mass is 351 g/mol. The molecule has 0 fully saturated rings. The third-order valence-corrected chi connectivity index (χ3v) is 3.90. The predicted molar refractivity (Wildman–Crippen MR) is 101 cm³/mol. The Morgan fingerprint density at radius 1 is 1.12 bits per heavy atom. The molecule has 26 heavy (non-hydrogen) atoms. The van der Waals surface area contributed by atoms with E-state index in [4.69, 9.17) is 9.47 Å². The number of anilines is 1. The second-order valence-corrected chi connectivity index (χ2v) is 5.68. The van der Waals surface area contributed by atoms with Gasteiger partial charge in [-0.2, -0.15) is 5.10 Å². The smallest absolute Gasteiger partial charge is 0.273 e. The van der Waals surface area contributed by atoms with Crippen LogP contribution in [0, 0.1) is 0 Å². The van der Waals surface area contributed by atoms with Crippen LogP contribution in [-0.4, -0.2) is 29.4 Å². The van der Waals surface area contributed by atoms with Gasteiger partial charge in [0.05, 0.1) is 19.4 Å². The van der Waals surface area contributed by atoms with Crippen LogP contribution in [0.3, 0.4) is 0 Å². The van der Waals surface area contributed by atoms with Crippen molar-refractivity contribution in [2.75, 3.05) is 19.0 Å². The molecule has 0 spiro atoms. The number of nitrogens with one attached hydrogen (secondary N) is 1. The van der Waals surface area contributed by atoms with Crippen molar-refractivity contribution in [3.05, 3.63) is 60.3 Å². The van der Waals surface area contributed by atoms with Crippen LogP contribution in [0.25, 0.3) is 11.3 Å². The van der Waals surface area contributed by atoms with E-state index < -0.39 is 0 Å². The van der Waals surface area contributed by atoms with Gasteiger partial charge in [-0.25, -0.2) is 0 Å². The Kier molecular flexibility index (Phi) is 5.22.